The minimum Gasteiger partial charge on any atom is -0.389 e. The van der Waals surface area contributed by atoms with Gasteiger partial charge in [0.25, 0.3) is 0 Å². The third-order valence-corrected chi connectivity index (χ3v) is 2.57. The highest BCUT2D eigenvalue weighted by atomic mass is 32.1. The van der Waals surface area contributed by atoms with Gasteiger partial charge in [-0.05, 0) is 26.0 Å². The van der Waals surface area contributed by atoms with Crippen molar-refractivity contribution in [1.29, 1.82) is 0 Å². The van der Waals surface area contributed by atoms with Gasteiger partial charge in [0.05, 0.1) is 0 Å². The molecule has 4 nitrogen and oxygen atoms in total. The van der Waals surface area contributed by atoms with Gasteiger partial charge < -0.3 is 16.8 Å². The molecule has 1 aromatic carbocycles. The largest absolute Gasteiger partial charge is 0.389 e. The summed E-state index contributed by atoms with van der Waals surface area (Å²) < 4.78 is 0. The van der Waals surface area contributed by atoms with Crippen LogP contribution in [0.2, 0.25) is 0 Å². The van der Waals surface area contributed by atoms with Gasteiger partial charge in [-0.1, -0.05) is 23.8 Å². The minimum atomic E-state index is -0.339. The Morgan fingerprint density at radius 1 is 1.47 bits per heavy atom. The van der Waals surface area contributed by atoms with E-state index in [0.29, 0.717) is 4.99 Å². The summed E-state index contributed by atoms with van der Waals surface area (Å²) in [5.74, 6) is -0.339. The van der Waals surface area contributed by atoms with Crippen molar-refractivity contribution in [1.82, 2.24) is 0 Å². The van der Waals surface area contributed by atoms with Gasteiger partial charge in [0.1, 0.15) is 4.99 Å². The van der Waals surface area contributed by atoms with Crippen molar-refractivity contribution in [3.05, 3.63) is 29.3 Å². The number of thiocarbonyl (C=S) groups is 1. The lowest BCUT2D eigenvalue weighted by Gasteiger charge is -2.17. The molecule has 0 aromatic heterocycles. The molecule has 1 amide bonds. The molecule has 0 aliphatic carbocycles. The molecule has 0 saturated heterocycles. The molecular weight excluding hydrogens is 234 g/mol. The number of hydrogen-bond donors (Lipinski definition) is 3. The summed E-state index contributed by atoms with van der Waals surface area (Å²) in [7, 11) is 0. The number of nitrogens with one attached hydrogen (secondary N) is 1. The van der Waals surface area contributed by atoms with Gasteiger partial charge in [0, 0.05) is 23.7 Å². The monoisotopic (exact) mass is 251 g/mol. The van der Waals surface area contributed by atoms with Crippen molar-refractivity contribution in [2.24, 2.45) is 11.5 Å². The van der Waals surface area contributed by atoms with Gasteiger partial charge in [0.2, 0.25) is 5.91 Å². The summed E-state index contributed by atoms with van der Waals surface area (Å²) in [6.07, 6.45) is 0.269. The van der Waals surface area contributed by atoms with Gasteiger partial charge in [-0.2, -0.15) is 0 Å². The number of carbonyl (C=O) groups excluding carboxylic acids is 1. The first-order chi connectivity index (χ1) is 7.90. The van der Waals surface area contributed by atoms with Gasteiger partial charge in [-0.25, -0.2) is 0 Å². The summed E-state index contributed by atoms with van der Waals surface area (Å²) in [5.41, 5.74) is 13.5. The van der Waals surface area contributed by atoms with Crippen LogP contribution in [0.1, 0.15) is 24.5 Å². The van der Waals surface area contributed by atoms with Crippen LogP contribution in [-0.4, -0.2) is 16.9 Å². The maximum Gasteiger partial charge on any atom is 0.219 e. The van der Waals surface area contributed by atoms with E-state index in [1.54, 1.807) is 0 Å². The molecule has 0 spiro atoms. The molecule has 0 bridgehead atoms. The van der Waals surface area contributed by atoms with Crippen LogP contribution in [0.4, 0.5) is 5.69 Å². The molecular formula is C12H17N3OS. The van der Waals surface area contributed by atoms with Crippen molar-refractivity contribution < 1.29 is 4.79 Å². The van der Waals surface area contributed by atoms with E-state index in [2.05, 4.69) is 5.32 Å². The van der Waals surface area contributed by atoms with Gasteiger partial charge >= 0.3 is 0 Å². The Balaban J connectivity index is 2.90. The SMILES string of the molecule is Cc1ccc(NC(C)CC(N)=O)c(C(N)=S)c1. The molecule has 5 N–H and O–H groups in total. The lowest BCUT2D eigenvalue weighted by molar-refractivity contribution is -0.118. The Labute approximate surface area is 106 Å². The summed E-state index contributed by atoms with van der Waals surface area (Å²) in [6, 6.07) is 5.73. The molecule has 0 aliphatic heterocycles. The Hall–Kier alpha value is -1.62. The quantitative estimate of drug-likeness (QED) is 0.689. The maximum absolute atomic E-state index is 10.8. The molecule has 1 atom stereocenters. The van der Waals surface area contributed by atoms with E-state index in [0.717, 1.165) is 16.8 Å². The number of rotatable bonds is 5. The van der Waals surface area contributed by atoms with Crippen LogP contribution in [0.5, 0.6) is 0 Å². The number of primary amides is 1. The van der Waals surface area contributed by atoms with Crippen molar-refractivity contribution >= 4 is 28.8 Å². The number of nitrogens with two attached hydrogens (primary N) is 2. The Kier molecular flexibility index (Phi) is 4.45. The first-order valence-electron chi connectivity index (χ1n) is 5.35. The van der Waals surface area contributed by atoms with Crippen LogP contribution in [0.15, 0.2) is 18.2 Å². The van der Waals surface area contributed by atoms with Gasteiger partial charge in [-0.3, -0.25) is 4.79 Å². The van der Waals surface area contributed by atoms with E-state index in [1.165, 1.54) is 0 Å². The molecule has 0 fully saturated rings. The first kappa shape index (κ1) is 13.4. The van der Waals surface area contributed by atoms with E-state index in [1.807, 2.05) is 32.0 Å². The molecule has 17 heavy (non-hydrogen) atoms. The molecule has 1 aromatic rings. The van der Waals surface area contributed by atoms with Crippen LogP contribution < -0.4 is 16.8 Å². The summed E-state index contributed by atoms with van der Waals surface area (Å²) in [6.45, 7) is 3.85. The number of aryl methyl sites for hydroxylation is 1. The average Bonchev–Trinajstić information content (AvgIpc) is 2.19. The molecule has 1 rings (SSSR count). The second kappa shape index (κ2) is 5.63. The Bertz CT molecular complexity index is 445. The van der Waals surface area contributed by atoms with E-state index < -0.39 is 0 Å². The highest BCUT2D eigenvalue weighted by molar-refractivity contribution is 7.80. The molecule has 1 unspecified atom stereocenters. The third-order valence-electron chi connectivity index (χ3n) is 2.35. The number of anilines is 1. The van der Waals surface area contributed by atoms with Crippen molar-refractivity contribution in [3.63, 3.8) is 0 Å². The van der Waals surface area contributed by atoms with Crippen LogP contribution in [0.3, 0.4) is 0 Å². The van der Waals surface area contributed by atoms with Crippen molar-refractivity contribution in [3.8, 4) is 0 Å². The highest BCUT2D eigenvalue weighted by Crippen LogP contribution is 2.18. The third kappa shape index (κ3) is 4.03. The van der Waals surface area contributed by atoms with Crippen molar-refractivity contribution in [2.45, 2.75) is 26.3 Å². The van der Waals surface area contributed by atoms with Gasteiger partial charge in [-0.15, -0.1) is 0 Å². The molecule has 0 heterocycles. The zero-order valence-electron chi connectivity index (χ0n) is 9.99. The summed E-state index contributed by atoms with van der Waals surface area (Å²) >= 11 is 5.00. The van der Waals surface area contributed by atoms with E-state index in [-0.39, 0.29) is 18.4 Å². The number of hydrogen-bond acceptors (Lipinski definition) is 3. The summed E-state index contributed by atoms with van der Waals surface area (Å²) in [4.78, 5) is 11.1. The lowest BCUT2D eigenvalue weighted by Crippen LogP contribution is -2.25. The normalized spacial score (nSPS) is 11.9. The van der Waals surface area contributed by atoms with Crippen molar-refractivity contribution in [2.75, 3.05) is 5.32 Å². The number of carbonyl (C=O) groups is 1. The maximum atomic E-state index is 10.8. The molecule has 0 aliphatic rings. The highest BCUT2D eigenvalue weighted by Gasteiger charge is 2.10. The zero-order chi connectivity index (χ0) is 13.0. The van der Waals surface area contributed by atoms with E-state index >= 15 is 0 Å². The topological polar surface area (TPSA) is 81.1 Å². The minimum absolute atomic E-state index is 0.0525. The Morgan fingerprint density at radius 2 is 2.12 bits per heavy atom. The molecule has 0 radical (unpaired) electrons. The molecule has 5 heteroatoms. The predicted octanol–water partition coefficient (Wildman–Crippen LogP) is 1.31. The standard InChI is InChI=1S/C12H17N3OS/c1-7-3-4-10(9(5-7)12(14)17)15-8(2)6-11(13)16/h3-5,8,15H,6H2,1-2H3,(H2,13,16)(H2,14,17). The fraction of sp³-hybridized carbons (Fsp3) is 0.333. The molecule has 0 saturated carbocycles. The molecule has 92 valence electrons. The van der Waals surface area contributed by atoms with Crippen LogP contribution >= 0.6 is 12.2 Å². The zero-order valence-corrected chi connectivity index (χ0v) is 10.8. The first-order valence-corrected chi connectivity index (χ1v) is 5.76. The summed E-state index contributed by atoms with van der Waals surface area (Å²) in [5, 5.41) is 3.18. The van der Waals surface area contributed by atoms with Crippen LogP contribution in [0, 0.1) is 6.92 Å². The van der Waals surface area contributed by atoms with Crippen LogP contribution in [-0.2, 0) is 4.79 Å². The van der Waals surface area contributed by atoms with E-state index in [9.17, 15) is 4.79 Å². The lowest BCUT2D eigenvalue weighted by atomic mass is 10.1. The predicted molar refractivity (Wildman–Crippen MR) is 74.0 cm³/mol. The number of benzene rings is 1. The van der Waals surface area contributed by atoms with Gasteiger partial charge in [0.15, 0.2) is 0 Å². The van der Waals surface area contributed by atoms with Crippen LogP contribution in [0.25, 0.3) is 0 Å². The fourth-order valence-corrected chi connectivity index (χ4v) is 1.77. The number of amides is 1. The Morgan fingerprint density at radius 3 is 2.65 bits per heavy atom. The second-order valence-corrected chi connectivity index (χ2v) is 4.57. The smallest absolute Gasteiger partial charge is 0.219 e. The average molecular weight is 251 g/mol. The fourth-order valence-electron chi connectivity index (χ4n) is 1.61. The van der Waals surface area contributed by atoms with E-state index in [4.69, 9.17) is 23.7 Å². The second-order valence-electron chi connectivity index (χ2n) is 4.13.